The fourth-order valence-corrected chi connectivity index (χ4v) is 12.3. The molecule has 0 aliphatic rings. The van der Waals surface area contributed by atoms with E-state index in [-0.39, 0.29) is 19.3 Å². The lowest BCUT2D eigenvalue weighted by molar-refractivity contribution is -0.161. The van der Waals surface area contributed by atoms with Gasteiger partial charge in [0, 0.05) is 19.3 Å². The molecule has 0 rings (SSSR count). The summed E-state index contributed by atoms with van der Waals surface area (Å²) in [6.45, 7) is 2.53. The summed E-state index contributed by atoms with van der Waals surface area (Å²) in [4.78, 5) is 58.5. The van der Waals surface area contributed by atoms with E-state index in [2.05, 4.69) is 118 Å². The zero-order valence-electron chi connectivity index (χ0n) is 62.6. The van der Waals surface area contributed by atoms with E-state index in [0.29, 0.717) is 19.3 Å². The van der Waals surface area contributed by atoms with Crippen molar-refractivity contribution in [2.24, 2.45) is 0 Å². The van der Waals surface area contributed by atoms with E-state index in [9.17, 15) is 43.5 Å². The van der Waals surface area contributed by atoms with E-state index in [4.69, 9.17) is 32.3 Å². The van der Waals surface area contributed by atoms with Crippen molar-refractivity contribution >= 4 is 33.6 Å². The summed E-state index contributed by atoms with van der Waals surface area (Å²) >= 11 is 0. The number of phosphoric ester groups is 2. The fraction of sp³-hybridized carbons (Fsp3) is 0.765. The van der Waals surface area contributed by atoms with E-state index in [0.717, 1.165) is 128 Å². The molecule has 0 aliphatic heterocycles. The van der Waals surface area contributed by atoms with Crippen LogP contribution in [0.15, 0.2) is 97.2 Å². The first-order chi connectivity index (χ1) is 48.2. The first-order valence-corrected chi connectivity index (χ1v) is 42.5. The number of hydrogen-bond donors (Lipinski definition) is 4. The number of phosphoric acid groups is 2. The minimum atomic E-state index is -4.93. The first-order valence-electron chi connectivity index (χ1n) is 39.5. The normalized spacial score (nSPS) is 14.5. The Morgan fingerprint density at radius 1 is 0.293 bits per heavy atom. The maximum absolute atomic E-state index is 12.9. The largest absolute Gasteiger partial charge is 0.472 e. The summed E-state index contributed by atoms with van der Waals surface area (Å²) in [5, 5.41) is 20.6. The van der Waals surface area contributed by atoms with Gasteiger partial charge in [0.1, 0.15) is 25.4 Å². The third-order valence-electron chi connectivity index (χ3n) is 16.8. The van der Waals surface area contributed by atoms with Crippen LogP contribution in [0.25, 0.3) is 0 Å². The third kappa shape index (κ3) is 75.5. The van der Waals surface area contributed by atoms with Gasteiger partial charge in [-0.05, 0) is 122 Å². The summed E-state index contributed by atoms with van der Waals surface area (Å²) in [6.07, 6.45) is 84.8. The lowest BCUT2D eigenvalue weighted by Crippen LogP contribution is -2.30. The van der Waals surface area contributed by atoms with E-state index < -0.39 is 91.5 Å². The van der Waals surface area contributed by atoms with Crippen LogP contribution in [0.5, 0.6) is 0 Å². The smallest absolute Gasteiger partial charge is 0.463 e. The minimum absolute atomic E-state index is 0.0917. The van der Waals surface area contributed by atoms with Gasteiger partial charge in [0.15, 0.2) is 6.10 Å². The van der Waals surface area contributed by atoms with Gasteiger partial charge in [0.05, 0.1) is 26.4 Å². The number of carbonyl (C=O) groups is 3. The van der Waals surface area contributed by atoms with Crippen molar-refractivity contribution in [3.63, 3.8) is 0 Å². The standard InChI is InChI=1S/C81H144O16P2/c1-4-7-10-13-16-19-22-25-28-29-30-31-32-33-34-35-36-37-38-39-40-41-42-43-44-45-48-50-52-55-58-61-64-67-79(84)91-70-76(82)71-93-98(87,88)94-72-77(83)73-95-99(89,90)96-75-78(97-81(86)69-66-63-60-57-54-51-47-27-24-21-18-15-12-9-6-3)74-92-80(85)68-65-62-59-56-53-49-46-26-23-20-17-14-11-8-5-2/h8,11,16-17,19-20,25-28,30-31,33-34,46-47,76-78,82-83H,4-7,9-10,12-15,18,21-24,29,32,35-45,48-75H2,1-3H3,(H,87,88)(H,89,90)/b11-8-,19-16-,20-17-,28-25-,31-30-,34-33-,46-26-,47-27-. The molecule has 4 N–H and O–H groups in total. The average molecular weight is 1440 g/mol. The van der Waals surface area contributed by atoms with Gasteiger partial charge in [-0.1, -0.05) is 298 Å². The number of aliphatic hydroxyl groups is 2. The van der Waals surface area contributed by atoms with E-state index in [1.165, 1.54) is 154 Å². The number of ether oxygens (including phenoxy) is 3. The molecule has 0 saturated carbocycles. The number of esters is 3. The SMILES string of the molecule is CC/C=C\C/C=C\C/C=C\CCCCCCCC(=O)OCC(COP(=O)(O)OCC(O)COP(=O)(O)OCC(O)COC(=O)CCCCCCCCCCCCCCCCCCC/C=C\C/C=C\C/C=C\C/C=C\CCCCC)OC(=O)CCCCCCC/C=C\CCCCCCCC. The summed E-state index contributed by atoms with van der Waals surface area (Å²) in [7, 11) is -9.78. The molecule has 0 saturated heterocycles. The van der Waals surface area contributed by atoms with Crippen molar-refractivity contribution in [1.29, 1.82) is 0 Å². The zero-order valence-corrected chi connectivity index (χ0v) is 64.4. The Kier molecular flexibility index (Phi) is 71.6. The van der Waals surface area contributed by atoms with Crippen LogP contribution >= 0.6 is 15.6 Å². The van der Waals surface area contributed by atoms with Crippen molar-refractivity contribution < 1.29 is 75.8 Å². The number of allylic oxidation sites excluding steroid dienone is 16. The van der Waals surface area contributed by atoms with Crippen LogP contribution in [0.3, 0.4) is 0 Å². The number of unbranched alkanes of at least 4 members (excludes halogenated alkanes) is 36. The molecule has 0 aromatic heterocycles. The van der Waals surface area contributed by atoms with E-state index >= 15 is 0 Å². The van der Waals surface area contributed by atoms with Crippen molar-refractivity contribution in [2.75, 3.05) is 39.6 Å². The number of carbonyl (C=O) groups excluding carboxylic acids is 3. The van der Waals surface area contributed by atoms with Gasteiger partial charge in [-0.3, -0.25) is 32.5 Å². The fourth-order valence-electron chi connectivity index (χ4n) is 10.7. The Hall–Kier alpha value is -3.53. The second-order valence-electron chi connectivity index (χ2n) is 26.5. The highest BCUT2D eigenvalue weighted by molar-refractivity contribution is 7.47. The third-order valence-corrected chi connectivity index (χ3v) is 18.7. The first kappa shape index (κ1) is 95.5. The predicted molar refractivity (Wildman–Crippen MR) is 408 cm³/mol. The molecule has 5 unspecified atom stereocenters. The van der Waals surface area contributed by atoms with E-state index in [1.54, 1.807) is 0 Å². The number of hydrogen-bond acceptors (Lipinski definition) is 14. The Bertz CT molecular complexity index is 2190. The second kappa shape index (κ2) is 74.2. The molecule has 5 atom stereocenters. The molecule has 0 heterocycles. The molecule has 16 nitrogen and oxygen atoms in total. The van der Waals surface area contributed by atoms with Crippen molar-refractivity contribution in [2.45, 2.75) is 360 Å². The van der Waals surface area contributed by atoms with Crippen molar-refractivity contribution in [1.82, 2.24) is 0 Å². The van der Waals surface area contributed by atoms with Crippen LogP contribution in [0.1, 0.15) is 342 Å². The average Bonchev–Trinajstić information content (AvgIpc) is 2.42. The number of aliphatic hydroxyl groups excluding tert-OH is 2. The molecule has 0 aliphatic carbocycles. The van der Waals surface area contributed by atoms with E-state index in [1.807, 2.05) is 0 Å². The molecular weight excluding hydrogens is 1290 g/mol. The molecule has 574 valence electrons. The minimum Gasteiger partial charge on any atom is -0.463 e. The maximum atomic E-state index is 12.9. The van der Waals surface area contributed by atoms with Gasteiger partial charge in [0.2, 0.25) is 0 Å². The Labute approximate surface area is 603 Å². The van der Waals surface area contributed by atoms with Gasteiger partial charge in [-0.15, -0.1) is 0 Å². The summed E-state index contributed by atoms with van der Waals surface area (Å²) < 4.78 is 61.0. The lowest BCUT2D eigenvalue weighted by atomic mass is 10.0. The molecule has 0 radical (unpaired) electrons. The van der Waals surface area contributed by atoms with Crippen LogP contribution in [0, 0.1) is 0 Å². The maximum Gasteiger partial charge on any atom is 0.472 e. The zero-order chi connectivity index (χ0) is 72.3. The number of rotatable bonds is 75. The molecule has 0 bridgehead atoms. The quantitative estimate of drug-likeness (QED) is 0.0146. The summed E-state index contributed by atoms with van der Waals surface area (Å²) in [5.41, 5.74) is 0. The molecule has 0 aromatic carbocycles. The highest BCUT2D eigenvalue weighted by Gasteiger charge is 2.29. The van der Waals surface area contributed by atoms with Gasteiger partial charge in [-0.2, -0.15) is 0 Å². The molecule has 0 amide bonds. The van der Waals surface area contributed by atoms with Gasteiger partial charge in [-0.25, -0.2) is 9.13 Å². The second-order valence-corrected chi connectivity index (χ2v) is 29.4. The van der Waals surface area contributed by atoms with Crippen LogP contribution < -0.4 is 0 Å². The van der Waals surface area contributed by atoms with Gasteiger partial charge >= 0.3 is 33.6 Å². The van der Waals surface area contributed by atoms with Crippen molar-refractivity contribution in [3.8, 4) is 0 Å². The van der Waals surface area contributed by atoms with Gasteiger partial charge < -0.3 is 34.2 Å². The monoisotopic (exact) mass is 1430 g/mol. The Morgan fingerprint density at radius 2 is 0.535 bits per heavy atom. The molecule has 0 spiro atoms. The predicted octanol–water partition coefficient (Wildman–Crippen LogP) is 23.0. The Morgan fingerprint density at radius 3 is 0.879 bits per heavy atom. The highest BCUT2D eigenvalue weighted by Crippen LogP contribution is 2.45. The lowest BCUT2D eigenvalue weighted by Gasteiger charge is -2.21. The van der Waals surface area contributed by atoms with Gasteiger partial charge in [0.25, 0.3) is 0 Å². The molecule has 99 heavy (non-hydrogen) atoms. The molecule has 18 heteroatoms. The molecular formula is C81H144O16P2. The van der Waals surface area contributed by atoms with Crippen LogP contribution in [-0.4, -0.2) is 95.9 Å². The van der Waals surface area contributed by atoms with Crippen LogP contribution in [0.2, 0.25) is 0 Å². The van der Waals surface area contributed by atoms with Crippen LogP contribution in [-0.2, 0) is 55.8 Å². The summed E-state index contributed by atoms with van der Waals surface area (Å²) in [6, 6.07) is 0. The molecule has 0 fully saturated rings. The van der Waals surface area contributed by atoms with Crippen LogP contribution in [0.4, 0.5) is 0 Å². The Balaban J connectivity index is 4.39. The topological polar surface area (TPSA) is 231 Å². The van der Waals surface area contributed by atoms with Crippen molar-refractivity contribution in [3.05, 3.63) is 97.2 Å². The summed E-state index contributed by atoms with van der Waals surface area (Å²) in [5.74, 6) is -1.59. The highest BCUT2D eigenvalue weighted by atomic mass is 31.2. The molecule has 0 aromatic rings.